The first kappa shape index (κ1) is 27.3. The van der Waals surface area contributed by atoms with Crippen molar-refractivity contribution in [3.05, 3.63) is 0 Å². The molecule has 0 radical (unpaired) electrons. The van der Waals surface area contributed by atoms with Gasteiger partial charge in [-0.3, -0.25) is 4.79 Å². The molecule has 0 aliphatic heterocycles. The summed E-state index contributed by atoms with van der Waals surface area (Å²) in [6, 6.07) is 0. The maximum absolute atomic E-state index is 13.4. The number of hydrogen-bond donors (Lipinski definition) is 1. The topological polar surface area (TPSA) is 46.5 Å². The van der Waals surface area contributed by atoms with Gasteiger partial charge >= 0.3 is 18.3 Å². The Morgan fingerprint density at radius 3 is 1.59 bits per heavy atom. The second-order valence-electron chi connectivity index (χ2n) is 12.6. The number of ether oxygens (including phenoxy) is 1. The molecule has 5 atom stereocenters. The number of carbonyl (C=O) groups is 1. The van der Waals surface area contributed by atoms with E-state index in [1.807, 2.05) is 20.8 Å². The molecule has 0 aromatic heterocycles. The van der Waals surface area contributed by atoms with E-state index >= 15 is 0 Å². The lowest BCUT2D eigenvalue weighted by Crippen LogP contribution is -2.70. The van der Waals surface area contributed by atoms with Gasteiger partial charge in [0.2, 0.25) is 0 Å². The molecule has 0 amide bonds. The van der Waals surface area contributed by atoms with E-state index in [1.54, 1.807) is 6.92 Å². The molecule has 2 aliphatic carbocycles. The van der Waals surface area contributed by atoms with Gasteiger partial charge in [0.1, 0.15) is 0 Å². The van der Waals surface area contributed by atoms with E-state index in [4.69, 9.17) is 4.74 Å². The molecule has 0 saturated heterocycles. The van der Waals surface area contributed by atoms with E-state index in [1.165, 1.54) is 0 Å². The predicted molar refractivity (Wildman–Crippen MR) is 107 cm³/mol. The second-order valence-corrected chi connectivity index (χ2v) is 12.6. The number of alkyl halides is 6. The van der Waals surface area contributed by atoms with E-state index in [9.17, 15) is 36.2 Å². The molecule has 2 saturated carbocycles. The van der Waals surface area contributed by atoms with Crippen LogP contribution in [-0.4, -0.2) is 34.6 Å². The number of rotatable bonds is 3. The van der Waals surface area contributed by atoms with Crippen LogP contribution >= 0.6 is 0 Å². The summed E-state index contributed by atoms with van der Waals surface area (Å²) in [6.07, 6.45) is -11.2. The van der Waals surface area contributed by atoms with Crippen molar-refractivity contribution in [2.45, 2.75) is 98.7 Å². The zero-order valence-electron chi connectivity index (χ0n) is 20.3. The summed E-state index contributed by atoms with van der Waals surface area (Å²) < 4.78 is 85.4. The monoisotopic (exact) mass is 474 g/mol. The molecule has 9 heteroatoms. The Bertz CT molecular complexity index is 727. The quantitative estimate of drug-likeness (QED) is 0.373. The number of esters is 1. The highest BCUT2D eigenvalue weighted by Crippen LogP contribution is 2.69. The Morgan fingerprint density at radius 2 is 1.25 bits per heavy atom. The standard InChI is InChI=1S/C23H36F6O3/c1-17(2,3)14-12-10-13(15(14)18(4,5)6)20(9,11-12)16(30)32-19(7,8)21(31,22(24,25)26)23(27,28)29/h12-15,31H,10-11H2,1-9H3. The van der Waals surface area contributed by atoms with Gasteiger partial charge in [-0.2, -0.15) is 26.3 Å². The van der Waals surface area contributed by atoms with Crippen LogP contribution in [0.5, 0.6) is 0 Å². The molecule has 2 aliphatic rings. The van der Waals surface area contributed by atoms with Crippen LogP contribution in [0.1, 0.15) is 75.2 Å². The minimum absolute atomic E-state index is 0.0334. The van der Waals surface area contributed by atoms with Crippen molar-refractivity contribution in [3.8, 4) is 0 Å². The van der Waals surface area contributed by atoms with Crippen LogP contribution in [-0.2, 0) is 9.53 Å². The molecular weight excluding hydrogens is 438 g/mol. The van der Waals surface area contributed by atoms with E-state index in [0.29, 0.717) is 26.7 Å². The van der Waals surface area contributed by atoms with Gasteiger partial charge in [0.15, 0.2) is 5.60 Å². The minimum atomic E-state index is -6.09. The molecule has 0 heterocycles. The van der Waals surface area contributed by atoms with Gasteiger partial charge in [0.05, 0.1) is 5.41 Å². The summed E-state index contributed by atoms with van der Waals surface area (Å²) in [5, 5.41) is 9.82. The minimum Gasteiger partial charge on any atom is -0.455 e. The number of halogens is 6. The fraction of sp³-hybridized carbons (Fsp3) is 0.957. The molecule has 0 spiro atoms. The highest BCUT2D eigenvalue weighted by atomic mass is 19.4. The summed E-state index contributed by atoms with van der Waals surface area (Å²) >= 11 is 0. The lowest BCUT2D eigenvalue weighted by atomic mass is 9.53. The molecule has 2 bridgehead atoms. The van der Waals surface area contributed by atoms with Crippen LogP contribution in [0.2, 0.25) is 0 Å². The van der Waals surface area contributed by atoms with Crippen molar-refractivity contribution in [2.75, 3.05) is 0 Å². The Morgan fingerprint density at radius 1 is 0.844 bits per heavy atom. The van der Waals surface area contributed by atoms with Gasteiger partial charge in [0.25, 0.3) is 5.60 Å². The summed E-state index contributed by atoms with van der Waals surface area (Å²) in [6.45, 7) is 15.0. The zero-order valence-corrected chi connectivity index (χ0v) is 20.3. The van der Waals surface area contributed by atoms with Gasteiger partial charge in [0, 0.05) is 0 Å². The molecule has 1 N–H and O–H groups in total. The number of carbonyl (C=O) groups excluding carboxylic acids is 1. The van der Waals surface area contributed by atoms with Gasteiger partial charge in [-0.1, -0.05) is 41.5 Å². The first-order valence-corrected chi connectivity index (χ1v) is 10.9. The highest BCUT2D eigenvalue weighted by molar-refractivity contribution is 5.78. The van der Waals surface area contributed by atoms with Gasteiger partial charge in [-0.05, 0) is 68.1 Å². The molecule has 2 rings (SSSR count). The van der Waals surface area contributed by atoms with Crippen LogP contribution in [0.25, 0.3) is 0 Å². The van der Waals surface area contributed by atoms with Crippen LogP contribution < -0.4 is 0 Å². The van der Waals surface area contributed by atoms with Crippen molar-refractivity contribution in [2.24, 2.45) is 39.9 Å². The average Bonchev–Trinajstić information content (AvgIpc) is 3.05. The van der Waals surface area contributed by atoms with Crippen molar-refractivity contribution < 1.29 is 41.0 Å². The summed E-state index contributed by atoms with van der Waals surface area (Å²) in [5.41, 5.74) is -10.0. The molecule has 188 valence electrons. The predicted octanol–water partition coefficient (Wildman–Crippen LogP) is 6.53. The number of fused-ring (bicyclic) bond motifs is 2. The van der Waals surface area contributed by atoms with E-state index in [-0.39, 0.29) is 34.5 Å². The fourth-order valence-corrected chi connectivity index (χ4v) is 6.61. The van der Waals surface area contributed by atoms with Crippen molar-refractivity contribution >= 4 is 5.97 Å². The highest BCUT2D eigenvalue weighted by Gasteiger charge is 2.79. The Kier molecular flexibility index (Phi) is 6.18. The number of aliphatic hydroxyl groups is 1. The third kappa shape index (κ3) is 3.94. The Balaban J connectivity index is 2.45. The van der Waals surface area contributed by atoms with Crippen LogP contribution in [0.3, 0.4) is 0 Å². The molecule has 0 aromatic carbocycles. The molecule has 0 aromatic rings. The van der Waals surface area contributed by atoms with Crippen LogP contribution in [0.15, 0.2) is 0 Å². The van der Waals surface area contributed by atoms with Gasteiger partial charge in [-0.25, -0.2) is 0 Å². The normalized spacial score (nSPS) is 32.4. The van der Waals surface area contributed by atoms with E-state index < -0.39 is 34.9 Å². The lowest BCUT2D eigenvalue weighted by Gasteiger charge is -2.52. The largest absolute Gasteiger partial charge is 0.455 e. The summed E-state index contributed by atoms with van der Waals surface area (Å²) in [5.74, 6) is -0.975. The summed E-state index contributed by atoms with van der Waals surface area (Å²) in [7, 11) is 0. The molecular formula is C23H36F6O3. The van der Waals surface area contributed by atoms with Gasteiger partial charge in [-0.15, -0.1) is 0 Å². The van der Waals surface area contributed by atoms with Crippen LogP contribution in [0.4, 0.5) is 26.3 Å². The first-order valence-electron chi connectivity index (χ1n) is 10.9. The van der Waals surface area contributed by atoms with Crippen molar-refractivity contribution in [1.82, 2.24) is 0 Å². The SMILES string of the molecule is CC(C)(C)C1C2CC(C1C(C)(C)C)C(C)(C(=O)OC(C)(C)C(O)(C(F)(F)F)C(F)(F)F)C2. The van der Waals surface area contributed by atoms with Crippen LogP contribution in [0, 0.1) is 39.9 Å². The molecule has 2 fully saturated rings. The average molecular weight is 475 g/mol. The smallest absolute Gasteiger partial charge is 0.430 e. The lowest BCUT2D eigenvalue weighted by molar-refractivity contribution is -0.408. The Hall–Kier alpha value is -0.990. The third-order valence-electron chi connectivity index (χ3n) is 7.90. The van der Waals surface area contributed by atoms with E-state index in [2.05, 4.69) is 20.8 Å². The number of hydrogen-bond acceptors (Lipinski definition) is 3. The second kappa shape index (κ2) is 7.25. The fourth-order valence-electron chi connectivity index (χ4n) is 6.61. The maximum Gasteiger partial charge on any atom is 0.430 e. The third-order valence-corrected chi connectivity index (χ3v) is 7.90. The van der Waals surface area contributed by atoms with Crippen molar-refractivity contribution in [1.29, 1.82) is 0 Å². The van der Waals surface area contributed by atoms with Gasteiger partial charge < -0.3 is 9.84 Å². The Labute approximate surface area is 186 Å². The van der Waals surface area contributed by atoms with E-state index in [0.717, 1.165) is 0 Å². The zero-order chi connectivity index (χ0) is 25.5. The maximum atomic E-state index is 13.4. The van der Waals surface area contributed by atoms with Crippen molar-refractivity contribution in [3.63, 3.8) is 0 Å². The molecule has 32 heavy (non-hydrogen) atoms. The summed E-state index contributed by atoms with van der Waals surface area (Å²) in [4.78, 5) is 13.2. The molecule has 3 nitrogen and oxygen atoms in total. The molecule has 5 unspecified atom stereocenters. The first-order chi connectivity index (χ1) is 13.8.